The molecule has 1 rings (SSSR count). The highest BCUT2D eigenvalue weighted by atomic mass is 31.1. The lowest BCUT2D eigenvalue weighted by Gasteiger charge is -2.09. The minimum atomic E-state index is -0.347. The second kappa shape index (κ2) is 15.4. The van der Waals surface area contributed by atoms with E-state index in [4.69, 9.17) is 9.26 Å². The van der Waals surface area contributed by atoms with Gasteiger partial charge in [-0.1, -0.05) is 89.7 Å². The third-order valence-corrected chi connectivity index (χ3v) is 4.51. The monoisotopic (exact) mass is 352 g/mol. The normalized spacial score (nSPS) is 10.9. The van der Waals surface area contributed by atoms with Crippen LogP contribution >= 0.6 is 8.69 Å². The highest BCUT2D eigenvalue weighted by Gasteiger charge is 2.03. The van der Waals surface area contributed by atoms with E-state index in [2.05, 4.69) is 6.92 Å². The Balaban J connectivity index is 1.91. The summed E-state index contributed by atoms with van der Waals surface area (Å²) in [5, 5.41) is 0. The van der Waals surface area contributed by atoms with Gasteiger partial charge in [-0.25, -0.2) is 4.57 Å². The number of hydrogen-bond acceptors (Lipinski definition) is 3. The van der Waals surface area contributed by atoms with Gasteiger partial charge in [0.1, 0.15) is 0 Å². The number of para-hydroxylation sites is 2. The third-order valence-electron chi connectivity index (χ3n) is 4.24. The number of ether oxygens (including phenoxy) is 1. The van der Waals surface area contributed by atoms with Crippen LogP contribution in [0, 0.1) is 0 Å². The van der Waals surface area contributed by atoms with Crippen molar-refractivity contribution in [2.24, 2.45) is 0 Å². The van der Waals surface area contributed by atoms with E-state index >= 15 is 0 Å². The molecule has 1 aromatic carbocycles. The van der Waals surface area contributed by atoms with E-state index in [0.717, 1.165) is 6.42 Å². The molecule has 136 valence electrons. The number of rotatable bonds is 16. The molecule has 0 amide bonds. The maximum Gasteiger partial charge on any atom is 0.395 e. The van der Waals surface area contributed by atoms with Gasteiger partial charge in [0.25, 0.3) is 0 Å². The SMILES string of the molecule is CCCCCCCCCCCCCCOc1ccccc1OP=O. The smallest absolute Gasteiger partial charge is 0.395 e. The van der Waals surface area contributed by atoms with Crippen LogP contribution in [-0.2, 0) is 4.57 Å². The molecule has 24 heavy (non-hydrogen) atoms. The lowest BCUT2D eigenvalue weighted by Crippen LogP contribution is -1.98. The fourth-order valence-corrected chi connectivity index (χ4v) is 3.04. The fraction of sp³-hybridized carbons (Fsp3) is 0.700. The van der Waals surface area contributed by atoms with Crippen molar-refractivity contribution in [3.05, 3.63) is 24.3 Å². The van der Waals surface area contributed by atoms with Crippen molar-refractivity contribution in [3.8, 4) is 11.5 Å². The van der Waals surface area contributed by atoms with Crippen molar-refractivity contribution in [1.82, 2.24) is 0 Å². The van der Waals surface area contributed by atoms with E-state index < -0.39 is 0 Å². The molecule has 0 unspecified atom stereocenters. The van der Waals surface area contributed by atoms with E-state index in [-0.39, 0.29) is 8.69 Å². The Bertz CT molecular complexity index is 423. The summed E-state index contributed by atoms with van der Waals surface area (Å²) in [6.45, 7) is 2.96. The van der Waals surface area contributed by atoms with Gasteiger partial charge < -0.3 is 9.26 Å². The molecule has 0 aromatic heterocycles. The first-order valence-electron chi connectivity index (χ1n) is 9.60. The van der Waals surface area contributed by atoms with Crippen LogP contribution in [0.15, 0.2) is 24.3 Å². The summed E-state index contributed by atoms with van der Waals surface area (Å²) in [6.07, 6.45) is 16.0. The Morgan fingerprint density at radius 3 is 1.79 bits per heavy atom. The standard InChI is InChI=1S/C20H33O3P/c1-2-3-4-5-6-7-8-9-10-11-12-15-18-22-19-16-13-14-17-20(19)23-24-21/h13-14,16-17H,2-12,15,18H2,1H3. The van der Waals surface area contributed by atoms with Crippen LogP contribution in [0.1, 0.15) is 84.0 Å². The summed E-state index contributed by atoms with van der Waals surface area (Å²) in [4.78, 5) is 0. The molecular weight excluding hydrogens is 319 g/mol. The molecule has 0 aliphatic rings. The fourth-order valence-electron chi connectivity index (χ4n) is 2.81. The van der Waals surface area contributed by atoms with Crippen molar-refractivity contribution in [2.75, 3.05) is 6.61 Å². The molecule has 0 heterocycles. The van der Waals surface area contributed by atoms with Crippen molar-refractivity contribution in [2.45, 2.75) is 84.0 Å². The highest BCUT2D eigenvalue weighted by Crippen LogP contribution is 2.28. The third kappa shape index (κ3) is 10.6. The summed E-state index contributed by atoms with van der Waals surface area (Å²) in [5.41, 5.74) is 0. The second-order valence-electron chi connectivity index (χ2n) is 6.35. The van der Waals surface area contributed by atoms with Gasteiger partial charge >= 0.3 is 8.69 Å². The molecule has 1 aromatic rings. The van der Waals surface area contributed by atoms with E-state index in [0.29, 0.717) is 18.1 Å². The molecule has 0 saturated carbocycles. The molecule has 0 aliphatic carbocycles. The van der Waals surface area contributed by atoms with Gasteiger partial charge in [-0.15, -0.1) is 0 Å². The van der Waals surface area contributed by atoms with Crippen molar-refractivity contribution < 1.29 is 13.8 Å². The Hall–Kier alpha value is -1.08. The first kappa shape index (κ1) is 21.0. The minimum absolute atomic E-state index is 0.347. The molecule has 3 nitrogen and oxygen atoms in total. The van der Waals surface area contributed by atoms with Gasteiger partial charge in [0.05, 0.1) is 6.61 Å². The molecule has 0 bridgehead atoms. The average Bonchev–Trinajstić information content (AvgIpc) is 2.60. The van der Waals surface area contributed by atoms with Crippen LogP contribution in [0.2, 0.25) is 0 Å². The molecule has 0 spiro atoms. The molecule has 0 N–H and O–H groups in total. The molecular formula is C20H33O3P. The van der Waals surface area contributed by atoms with E-state index in [9.17, 15) is 4.57 Å². The maximum atomic E-state index is 10.5. The molecule has 0 aliphatic heterocycles. The van der Waals surface area contributed by atoms with Crippen molar-refractivity contribution in [3.63, 3.8) is 0 Å². The zero-order valence-corrected chi connectivity index (χ0v) is 16.1. The summed E-state index contributed by atoms with van der Waals surface area (Å²) in [5.74, 6) is 1.21. The predicted molar refractivity (Wildman–Crippen MR) is 101 cm³/mol. The van der Waals surface area contributed by atoms with Crippen LogP contribution in [-0.4, -0.2) is 6.61 Å². The van der Waals surface area contributed by atoms with E-state index in [1.165, 1.54) is 70.6 Å². The number of unbranched alkanes of at least 4 members (excludes halogenated alkanes) is 11. The van der Waals surface area contributed by atoms with Gasteiger partial charge in [0, 0.05) is 0 Å². The zero-order chi connectivity index (χ0) is 17.3. The van der Waals surface area contributed by atoms with Crippen LogP contribution in [0.4, 0.5) is 0 Å². The molecule has 0 radical (unpaired) electrons. The lowest BCUT2D eigenvalue weighted by molar-refractivity contribution is 0.296. The first-order chi connectivity index (χ1) is 11.9. The Morgan fingerprint density at radius 2 is 1.25 bits per heavy atom. The highest BCUT2D eigenvalue weighted by molar-refractivity contribution is 7.17. The predicted octanol–water partition coefficient (Wildman–Crippen LogP) is 7.35. The van der Waals surface area contributed by atoms with Crippen LogP contribution < -0.4 is 9.26 Å². The average molecular weight is 352 g/mol. The summed E-state index contributed by atoms with van der Waals surface area (Å²) >= 11 is 0. The van der Waals surface area contributed by atoms with Crippen LogP contribution in [0.25, 0.3) is 0 Å². The second-order valence-corrected chi connectivity index (χ2v) is 6.68. The number of hydrogen-bond donors (Lipinski definition) is 0. The first-order valence-corrected chi connectivity index (χ1v) is 10.3. The Morgan fingerprint density at radius 1 is 0.750 bits per heavy atom. The van der Waals surface area contributed by atoms with Crippen LogP contribution in [0.3, 0.4) is 0 Å². The molecule has 4 heteroatoms. The minimum Gasteiger partial charge on any atom is -0.490 e. The molecule has 0 saturated heterocycles. The van der Waals surface area contributed by atoms with Gasteiger partial charge in [-0.2, -0.15) is 0 Å². The quantitative estimate of drug-likeness (QED) is 0.230. The van der Waals surface area contributed by atoms with Crippen molar-refractivity contribution in [1.29, 1.82) is 0 Å². The lowest BCUT2D eigenvalue weighted by atomic mass is 10.1. The zero-order valence-electron chi connectivity index (χ0n) is 15.2. The number of benzene rings is 1. The largest absolute Gasteiger partial charge is 0.490 e. The van der Waals surface area contributed by atoms with Crippen LogP contribution in [0.5, 0.6) is 11.5 Å². The van der Waals surface area contributed by atoms with E-state index in [1.54, 1.807) is 6.07 Å². The molecule has 0 atom stereocenters. The van der Waals surface area contributed by atoms with Crippen molar-refractivity contribution >= 4 is 8.69 Å². The summed E-state index contributed by atoms with van der Waals surface area (Å²) < 4.78 is 21.2. The van der Waals surface area contributed by atoms with Gasteiger partial charge in [0.15, 0.2) is 11.5 Å². The topological polar surface area (TPSA) is 35.5 Å². The maximum absolute atomic E-state index is 10.5. The summed E-state index contributed by atoms with van der Waals surface area (Å²) in [7, 11) is -0.347. The Kier molecular flexibility index (Phi) is 13.5. The van der Waals surface area contributed by atoms with Gasteiger partial charge in [-0.05, 0) is 18.6 Å². The van der Waals surface area contributed by atoms with Gasteiger partial charge in [0.2, 0.25) is 0 Å². The Labute approximate surface area is 149 Å². The van der Waals surface area contributed by atoms with Gasteiger partial charge in [-0.3, -0.25) is 0 Å². The summed E-state index contributed by atoms with van der Waals surface area (Å²) in [6, 6.07) is 7.35. The van der Waals surface area contributed by atoms with E-state index in [1.807, 2.05) is 18.2 Å². The molecule has 0 fully saturated rings.